The van der Waals surface area contributed by atoms with Crippen molar-refractivity contribution in [1.82, 2.24) is 19.9 Å². The fraction of sp³-hybridized carbons (Fsp3) is 0.417. The number of nitrogens with two attached hydrogens (primary N) is 1. The van der Waals surface area contributed by atoms with E-state index in [0.717, 1.165) is 10.9 Å². The van der Waals surface area contributed by atoms with Gasteiger partial charge in [0.1, 0.15) is 5.82 Å². The third kappa shape index (κ3) is 4.03. The number of nitrogen functional groups attached to an aromatic ring is 1. The van der Waals surface area contributed by atoms with Crippen LogP contribution in [0.2, 0.25) is 4.34 Å². The zero-order valence-electron chi connectivity index (χ0n) is 11.7. The van der Waals surface area contributed by atoms with Crippen LogP contribution in [-0.2, 0) is 13.1 Å². The van der Waals surface area contributed by atoms with Crippen molar-refractivity contribution >= 4 is 34.8 Å². The third-order valence-electron chi connectivity index (χ3n) is 2.55. The van der Waals surface area contributed by atoms with Gasteiger partial charge in [-0.15, -0.1) is 11.3 Å². The minimum absolute atomic E-state index is 0.242. The Labute approximate surface area is 127 Å². The summed E-state index contributed by atoms with van der Waals surface area (Å²) in [7, 11) is 5.74. The molecule has 0 unspecified atom stereocenters. The van der Waals surface area contributed by atoms with E-state index in [1.165, 1.54) is 4.88 Å². The first-order valence-corrected chi connectivity index (χ1v) is 7.24. The van der Waals surface area contributed by atoms with Crippen molar-refractivity contribution in [2.24, 2.45) is 0 Å². The highest BCUT2D eigenvalue weighted by molar-refractivity contribution is 7.16. The van der Waals surface area contributed by atoms with Crippen LogP contribution >= 0.6 is 22.9 Å². The van der Waals surface area contributed by atoms with Crippen LogP contribution in [0, 0.1) is 0 Å². The zero-order valence-corrected chi connectivity index (χ0v) is 13.2. The number of hydrogen-bond donors (Lipinski definition) is 1. The van der Waals surface area contributed by atoms with E-state index < -0.39 is 0 Å². The van der Waals surface area contributed by atoms with Gasteiger partial charge >= 0.3 is 0 Å². The van der Waals surface area contributed by atoms with Gasteiger partial charge in [0, 0.05) is 25.5 Å². The lowest BCUT2D eigenvalue weighted by molar-refractivity contribution is 0.313. The number of aromatic nitrogens is 3. The molecule has 2 aromatic heterocycles. The quantitative estimate of drug-likeness (QED) is 0.908. The molecule has 0 aliphatic heterocycles. The van der Waals surface area contributed by atoms with Crippen molar-refractivity contribution in [2.45, 2.75) is 13.1 Å². The molecule has 2 aromatic rings. The summed E-state index contributed by atoms with van der Waals surface area (Å²) in [5.41, 5.74) is 5.71. The van der Waals surface area contributed by atoms with E-state index in [-0.39, 0.29) is 5.95 Å². The highest BCUT2D eigenvalue weighted by atomic mass is 35.5. The van der Waals surface area contributed by atoms with Gasteiger partial charge in [0.05, 0.1) is 10.9 Å². The molecule has 0 aromatic carbocycles. The Morgan fingerprint density at radius 1 is 1.15 bits per heavy atom. The van der Waals surface area contributed by atoms with E-state index in [1.54, 1.807) is 16.2 Å². The smallest absolute Gasteiger partial charge is 0.229 e. The molecule has 6 nitrogen and oxygen atoms in total. The molecule has 0 amide bonds. The molecular weight excluding hydrogens is 296 g/mol. The second-order valence-electron chi connectivity index (χ2n) is 4.68. The lowest BCUT2D eigenvalue weighted by Gasteiger charge is -2.16. The maximum Gasteiger partial charge on any atom is 0.229 e. The van der Waals surface area contributed by atoms with Crippen LogP contribution in [0.5, 0.6) is 0 Å². The van der Waals surface area contributed by atoms with Crippen molar-refractivity contribution in [3.05, 3.63) is 27.2 Å². The molecule has 108 valence electrons. The first-order chi connectivity index (χ1) is 9.44. The van der Waals surface area contributed by atoms with Crippen LogP contribution in [0.4, 0.5) is 11.9 Å². The minimum atomic E-state index is 0.242. The van der Waals surface area contributed by atoms with Gasteiger partial charge in [-0.05, 0) is 19.2 Å². The Hall–Kier alpha value is -1.44. The predicted octanol–water partition coefficient (Wildman–Crippen LogP) is 1.87. The SMILES string of the molecule is CN(Cc1nc(N)nc(N(C)C)n1)Cc1ccc(Cl)s1. The summed E-state index contributed by atoms with van der Waals surface area (Å²) in [6.45, 7) is 1.39. The first kappa shape index (κ1) is 15.0. The molecule has 0 bridgehead atoms. The number of thiophene rings is 1. The van der Waals surface area contributed by atoms with E-state index >= 15 is 0 Å². The monoisotopic (exact) mass is 312 g/mol. The third-order valence-corrected chi connectivity index (χ3v) is 3.77. The Morgan fingerprint density at radius 3 is 2.50 bits per heavy atom. The summed E-state index contributed by atoms with van der Waals surface area (Å²) in [4.78, 5) is 17.7. The molecule has 2 heterocycles. The highest BCUT2D eigenvalue weighted by Gasteiger charge is 2.10. The van der Waals surface area contributed by atoms with Gasteiger partial charge in [-0.3, -0.25) is 4.90 Å². The molecule has 8 heteroatoms. The van der Waals surface area contributed by atoms with Crippen LogP contribution in [-0.4, -0.2) is 41.0 Å². The minimum Gasteiger partial charge on any atom is -0.368 e. The highest BCUT2D eigenvalue weighted by Crippen LogP contribution is 2.22. The van der Waals surface area contributed by atoms with E-state index in [0.29, 0.717) is 18.3 Å². The molecule has 2 N–H and O–H groups in total. The molecule has 0 aliphatic carbocycles. The molecule has 2 rings (SSSR count). The van der Waals surface area contributed by atoms with Crippen LogP contribution in [0.3, 0.4) is 0 Å². The van der Waals surface area contributed by atoms with Gasteiger partial charge in [-0.2, -0.15) is 15.0 Å². The lowest BCUT2D eigenvalue weighted by Crippen LogP contribution is -2.21. The number of hydrogen-bond acceptors (Lipinski definition) is 7. The Bertz CT molecular complexity index is 585. The molecular formula is C12H17ClN6S. The normalized spacial score (nSPS) is 11.1. The molecule has 0 saturated heterocycles. The molecule has 0 spiro atoms. The van der Waals surface area contributed by atoms with Gasteiger partial charge in [0.15, 0.2) is 0 Å². The van der Waals surface area contributed by atoms with Gasteiger partial charge in [-0.25, -0.2) is 0 Å². The summed E-state index contributed by atoms with van der Waals surface area (Å²) in [5.74, 6) is 1.47. The maximum atomic E-state index is 5.93. The second-order valence-corrected chi connectivity index (χ2v) is 6.48. The van der Waals surface area contributed by atoms with Crippen molar-refractivity contribution in [1.29, 1.82) is 0 Å². The summed E-state index contributed by atoms with van der Waals surface area (Å²) in [6.07, 6.45) is 0. The number of nitrogens with zero attached hydrogens (tertiary/aromatic N) is 5. The predicted molar refractivity (Wildman–Crippen MR) is 83.1 cm³/mol. The standard InChI is InChI=1S/C12H17ClN6S/c1-18(2)12-16-10(15-11(14)17-12)7-19(3)6-8-4-5-9(13)20-8/h4-5H,6-7H2,1-3H3,(H2,14,15,16,17). The van der Waals surface area contributed by atoms with Gasteiger partial charge < -0.3 is 10.6 Å². The summed E-state index contributed by atoms with van der Waals surface area (Å²) >= 11 is 7.50. The van der Waals surface area contributed by atoms with Crippen molar-refractivity contribution in [3.8, 4) is 0 Å². The summed E-state index contributed by atoms with van der Waals surface area (Å²) in [5, 5.41) is 0. The largest absolute Gasteiger partial charge is 0.368 e. The van der Waals surface area contributed by atoms with Crippen molar-refractivity contribution in [3.63, 3.8) is 0 Å². The van der Waals surface area contributed by atoms with Crippen molar-refractivity contribution < 1.29 is 0 Å². The van der Waals surface area contributed by atoms with Gasteiger partial charge in [0.2, 0.25) is 11.9 Å². The molecule has 0 atom stereocenters. The van der Waals surface area contributed by atoms with Crippen LogP contribution in [0.15, 0.2) is 12.1 Å². The molecule has 0 aliphatic rings. The van der Waals surface area contributed by atoms with E-state index in [1.807, 2.05) is 33.3 Å². The van der Waals surface area contributed by atoms with E-state index in [2.05, 4.69) is 19.9 Å². The van der Waals surface area contributed by atoms with Gasteiger partial charge in [0.25, 0.3) is 0 Å². The van der Waals surface area contributed by atoms with Crippen LogP contribution < -0.4 is 10.6 Å². The fourth-order valence-electron chi connectivity index (χ4n) is 1.70. The zero-order chi connectivity index (χ0) is 14.7. The topological polar surface area (TPSA) is 71.2 Å². The summed E-state index contributed by atoms with van der Waals surface area (Å²) in [6, 6.07) is 3.93. The van der Waals surface area contributed by atoms with E-state index in [4.69, 9.17) is 17.3 Å². The molecule has 0 saturated carbocycles. The lowest BCUT2D eigenvalue weighted by atomic mass is 10.4. The number of rotatable bonds is 5. The number of anilines is 2. The molecule has 0 radical (unpaired) electrons. The van der Waals surface area contributed by atoms with E-state index in [9.17, 15) is 0 Å². The fourth-order valence-corrected chi connectivity index (χ4v) is 2.86. The molecule has 0 fully saturated rings. The number of halogens is 1. The second kappa shape index (κ2) is 6.34. The van der Waals surface area contributed by atoms with Crippen LogP contribution in [0.1, 0.15) is 10.7 Å². The molecule has 20 heavy (non-hydrogen) atoms. The Kier molecular flexibility index (Phi) is 4.74. The average Bonchev–Trinajstić information content (AvgIpc) is 2.73. The Morgan fingerprint density at radius 2 is 1.90 bits per heavy atom. The maximum absolute atomic E-state index is 5.93. The summed E-state index contributed by atoms with van der Waals surface area (Å²) < 4.78 is 0.799. The van der Waals surface area contributed by atoms with Crippen molar-refractivity contribution in [2.75, 3.05) is 31.8 Å². The first-order valence-electron chi connectivity index (χ1n) is 6.04. The van der Waals surface area contributed by atoms with Crippen LogP contribution in [0.25, 0.3) is 0 Å². The Balaban J connectivity index is 2.05. The van der Waals surface area contributed by atoms with Gasteiger partial charge in [-0.1, -0.05) is 11.6 Å². The average molecular weight is 313 g/mol.